The van der Waals surface area contributed by atoms with E-state index in [1.807, 2.05) is 44.3 Å². The van der Waals surface area contributed by atoms with Crippen molar-refractivity contribution < 1.29 is 4.79 Å². The molecule has 0 aliphatic heterocycles. The number of nitrogen functional groups attached to an aromatic ring is 3. The number of hydrogen-bond acceptors (Lipinski definition) is 9. The summed E-state index contributed by atoms with van der Waals surface area (Å²) in [5, 5.41) is 13.5. The van der Waals surface area contributed by atoms with Gasteiger partial charge in [0.05, 0.1) is 43.8 Å². The number of ketones is 1. The van der Waals surface area contributed by atoms with E-state index in [-0.39, 0.29) is 0 Å². The molecule has 9 nitrogen and oxygen atoms in total. The summed E-state index contributed by atoms with van der Waals surface area (Å²) in [5.41, 5.74) is 17.2. The molecule has 0 fully saturated rings. The van der Waals surface area contributed by atoms with Crippen LogP contribution >= 0.6 is 23.2 Å². The summed E-state index contributed by atoms with van der Waals surface area (Å²) < 4.78 is 0. The van der Waals surface area contributed by atoms with Gasteiger partial charge in [0, 0.05) is 36.0 Å². The summed E-state index contributed by atoms with van der Waals surface area (Å²) in [7, 11) is 0. The number of nitrogens with one attached hydrogen (secondary N) is 2. The summed E-state index contributed by atoms with van der Waals surface area (Å²) in [5.74, 6) is 5.64. The molecular formula is C24H26Cl2N8O. The van der Waals surface area contributed by atoms with Crippen LogP contribution in [0.15, 0.2) is 48.8 Å². The van der Waals surface area contributed by atoms with Crippen LogP contribution in [-0.2, 0) is 4.79 Å². The Kier molecular flexibility index (Phi) is 10.3. The largest absolute Gasteiger partial charge is 0.396 e. The zero-order chi connectivity index (χ0) is 26.0. The summed E-state index contributed by atoms with van der Waals surface area (Å²) >= 11 is 12.1. The van der Waals surface area contributed by atoms with Crippen molar-refractivity contribution in [3.63, 3.8) is 0 Å². The van der Waals surface area contributed by atoms with Gasteiger partial charge in [0.1, 0.15) is 5.78 Å². The van der Waals surface area contributed by atoms with Crippen LogP contribution in [0.5, 0.6) is 0 Å². The second-order valence-electron chi connectivity index (χ2n) is 7.08. The van der Waals surface area contributed by atoms with Gasteiger partial charge in [-0.25, -0.2) is 0 Å². The standard InChI is InChI=1S/C10H7ClN4.C9H9ClN4.C5H10O/c11-8-9(13)7(15-5-12)4-6-2-1-3-14-10(6)8;10-7-8(11)6(14-12)4-5-2-1-3-13-9(5)7;1-3-5(6)4-2/h1-4,15H,13H2;1-4,14H,11-12H2;3-4H2,1-2H3. The average molecular weight is 513 g/mol. The molecule has 0 amide bonds. The number of hydrazine groups is 1. The number of benzene rings is 2. The molecule has 0 spiro atoms. The van der Waals surface area contributed by atoms with E-state index < -0.39 is 0 Å². The Morgan fingerprint density at radius 3 is 1.80 bits per heavy atom. The van der Waals surface area contributed by atoms with Gasteiger partial charge in [-0.2, -0.15) is 5.26 Å². The second kappa shape index (κ2) is 13.2. The number of fused-ring (bicyclic) bond motifs is 2. The highest BCUT2D eigenvalue weighted by Gasteiger charge is 2.10. The zero-order valence-electron chi connectivity index (χ0n) is 19.3. The van der Waals surface area contributed by atoms with Gasteiger partial charge in [0.25, 0.3) is 0 Å². The average Bonchev–Trinajstić information content (AvgIpc) is 2.89. The van der Waals surface area contributed by atoms with Crippen LogP contribution in [0.4, 0.5) is 22.7 Å². The van der Waals surface area contributed by atoms with Crippen molar-refractivity contribution in [2.45, 2.75) is 26.7 Å². The van der Waals surface area contributed by atoms with Gasteiger partial charge in [-0.3, -0.25) is 25.9 Å². The monoisotopic (exact) mass is 512 g/mol. The van der Waals surface area contributed by atoms with Crippen LogP contribution in [0.25, 0.3) is 21.8 Å². The maximum atomic E-state index is 10.2. The third kappa shape index (κ3) is 6.83. The molecule has 2 aromatic carbocycles. The zero-order valence-corrected chi connectivity index (χ0v) is 20.8. The smallest absolute Gasteiger partial charge is 0.181 e. The minimum absolute atomic E-state index is 0.337. The lowest BCUT2D eigenvalue weighted by Gasteiger charge is -2.08. The van der Waals surface area contributed by atoms with Crippen molar-refractivity contribution in [3.8, 4) is 6.19 Å². The van der Waals surface area contributed by atoms with E-state index in [0.717, 1.165) is 10.8 Å². The maximum absolute atomic E-state index is 10.2. The minimum atomic E-state index is 0.337. The summed E-state index contributed by atoms with van der Waals surface area (Å²) in [6.07, 6.45) is 6.50. The van der Waals surface area contributed by atoms with E-state index in [4.69, 9.17) is 45.8 Å². The Balaban J connectivity index is 0.000000202. The number of nitrogens with zero attached hydrogens (tertiary/aromatic N) is 3. The molecule has 11 heteroatoms. The Morgan fingerprint density at radius 1 is 0.943 bits per heavy atom. The molecule has 0 atom stereocenters. The number of halogens is 2. The normalized spacial score (nSPS) is 9.83. The van der Waals surface area contributed by atoms with Crippen LogP contribution in [0.1, 0.15) is 26.7 Å². The first-order valence-corrected chi connectivity index (χ1v) is 11.3. The number of aromatic nitrogens is 2. The molecule has 182 valence electrons. The molecule has 35 heavy (non-hydrogen) atoms. The molecule has 2 heterocycles. The SMILES string of the molecule is CCC(=O)CC.N#CNc1cc2cccnc2c(Cl)c1N.NNc1cc2cccnc2c(Cl)c1N. The fourth-order valence-corrected chi connectivity index (χ4v) is 3.45. The predicted octanol–water partition coefficient (Wildman–Crippen LogP) is 5.49. The van der Waals surface area contributed by atoms with E-state index in [2.05, 4.69) is 20.7 Å². The predicted molar refractivity (Wildman–Crippen MR) is 145 cm³/mol. The number of nitrogens with two attached hydrogens (primary N) is 3. The highest BCUT2D eigenvalue weighted by molar-refractivity contribution is 6.39. The van der Waals surface area contributed by atoms with Gasteiger partial charge in [-0.15, -0.1) is 0 Å². The number of pyridine rings is 2. The van der Waals surface area contributed by atoms with Crippen molar-refractivity contribution in [2.75, 3.05) is 22.2 Å². The summed E-state index contributed by atoms with van der Waals surface area (Å²) in [6, 6.07) is 10.9. The molecule has 0 saturated carbocycles. The van der Waals surface area contributed by atoms with E-state index >= 15 is 0 Å². The molecule has 0 bridgehead atoms. The number of nitriles is 1. The molecular weight excluding hydrogens is 487 g/mol. The van der Waals surface area contributed by atoms with Gasteiger partial charge >= 0.3 is 0 Å². The fourth-order valence-electron chi connectivity index (χ4n) is 2.93. The van der Waals surface area contributed by atoms with Crippen LogP contribution in [0.2, 0.25) is 10.0 Å². The molecule has 0 unspecified atom stereocenters. The third-order valence-corrected chi connectivity index (χ3v) is 5.65. The van der Waals surface area contributed by atoms with Crippen molar-refractivity contribution >= 4 is 73.5 Å². The summed E-state index contributed by atoms with van der Waals surface area (Å²) in [4.78, 5) is 18.4. The molecule has 4 rings (SSSR count). The summed E-state index contributed by atoms with van der Waals surface area (Å²) in [6.45, 7) is 3.76. The Labute approximate surface area is 213 Å². The topological polar surface area (TPSA) is 169 Å². The fraction of sp³-hybridized carbons (Fsp3) is 0.167. The number of anilines is 4. The molecule has 0 aliphatic rings. The molecule has 0 saturated heterocycles. The number of hydrogen-bond donors (Lipinski definition) is 5. The van der Waals surface area contributed by atoms with Crippen molar-refractivity contribution in [2.24, 2.45) is 5.84 Å². The highest BCUT2D eigenvalue weighted by atomic mass is 35.5. The molecule has 0 radical (unpaired) electrons. The highest BCUT2D eigenvalue weighted by Crippen LogP contribution is 2.34. The van der Waals surface area contributed by atoms with Gasteiger partial charge in [-0.1, -0.05) is 49.2 Å². The lowest BCUT2D eigenvalue weighted by atomic mass is 10.1. The van der Waals surface area contributed by atoms with E-state index in [0.29, 0.717) is 62.5 Å². The van der Waals surface area contributed by atoms with E-state index in [9.17, 15) is 4.79 Å². The number of carbonyl (C=O) groups excluding carboxylic acids is 1. The van der Waals surface area contributed by atoms with Crippen molar-refractivity contribution in [1.29, 1.82) is 5.26 Å². The van der Waals surface area contributed by atoms with Crippen LogP contribution in [0, 0.1) is 11.5 Å². The Morgan fingerprint density at radius 2 is 1.40 bits per heavy atom. The molecule has 2 aromatic heterocycles. The lowest BCUT2D eigenvalue weighted by molar-refractivity contribution is -0.118. The van der Waals surface area contributed by atoms with E-state index in [1.165, 1.54) is 0 Å². The van der Waals surface area contributed by atoms with E-state index in [1.54, 1.807) is 24.5 Å². The van der Waals surface area contributed by atoms with Gasteiger partial charge in [0.15, 0.2) is 6.19 Å². The quantitative estimate of drug-likeness (QED) is 0.0778. The second-order valence-corrected chi connectivity index (χ2v) is 7.84. The van der Waals surface area contributed by atoms with Crippen molar-refractivity contribution in [1.82, 2.24) is 9.97 Å². The van der Waals surface area contributed by atoms with Gasteiger partial charge in [0.2, 0.25) is 0 Å². The number of rotatable bonds is 4. The lowest BCUT2D eigenvalue weighted by Crippen LogP contribution is -2.09. The van der Waals surface area contributed by atoms with Crippen LogP contribution in [0.3, 0.4) is 0 Å². The first-order valence-electron chi connectivity index (χ1n) is 10.6. The minimum Gasteiger partial charge on any atom is -0.396 e. The molecule has 4 aromatic rings. The van der Waals surface area contributed by atoms with Crippen molar-refractivity contribution in [3.05, 3.63) is 58.8 Å². The first-order chi connectivity index (χ1) is 16.8. The Hall–Kier alpha value is -3.84. The number of Topliss-reactive ketones (excluding diaryl/α,β-unsaturated/α-hetero) is 1. The molecule has 8 N–H and O–H groups in total. The van der Waals surface area contributed by atoms with Crippen LogP contribution < -0.4 is 28.1 Å². The van der Waals surface area contributed by atoms with Gasteiger partial charge < -0.3 is 16.9 Å². The Bertz CT molecular complexity index is 1370. The van der Waals surface area contributed by atoms with Crippen LogP contribution in [-0.4, -0.2) is 15.8 Å². The maximum Gasteiger partial charge on any atom is 0.181 e. The first kappa shape index (κ1) is 27.4. The number of carbonyl (C=O) groups is 1. The molecule has 0 aliphatic carbocycles. The third-order valence-electron chi connectivity index (χ3n) is 4.88. The van der Waals surface area contributed by atoms with Gasteiger partial charge in [-0.05, 0) is 24.3 Å².